The SMILES string of the molecule is Cc1c(C(=O)Nc2ccc3c(c2)S(=O)(=O)N(c2ccc(C(F)(F)F)cc2)CCO3)cnn1C. The fraction of sp³-hybridized carbons (Fsp3) is 0.238. The second-order valence-corrected chi connectivity index (χ2v) is 9.18. The third-order valence-electron chi connectivity index (χ3n) is 5.28. The van der Waals surface area contributed by atoms with Crippen LogP contribution in [0.15, 0.2) is 53.6 Å². The molecule has 2 aromatic carbocycles. The molecule has 0 bridgehead atoms. The Morgan fingerprint density at radius 2 is 1.85 bits per heavy atom. The first-order chi connectivity index (χ1) is 15.5. The Labute approximate surface area is 187 Å². The normalized spacial score (nSPS) is 15.4. The van der Waals surface area contributed by atoms with E-state index < -0.39 is 27.7 Å². The third-order valence-corrected chi connectivity index (χ3v) is 7.13. The molecule has 2 heterocycles. The summed E-state index contributed by atoms with van der Waals surface area (Å²) in [7, 11) is -2.50. The number of hydrogen-bond donors (Lipinski definition) is 1. The number of ether oxygens (including phenoxy) is 1. The number of benzene rings is 2. The number of aryl methyl sites for hydroxylation is 1. The van der Waals surface area contributed by atoms with Crippen molar-refractivity contribution < 1.29 is 31.1 Å². The van der Waals surface area contributed by atoms with E-state index in [0.717, 1.165) is 28.6 Å². The highest BCUT2D eigenvalue weighted by atomic mass is 32.2. The lowest BCUT2D eigenvalue weighted by atomic mass is 10.2. The maximum Gasteiger partial charge on any atom is 0.416 e. The van der Waals surface area contributed by atoms with Crippen molar-refractivity contribution in [2.24, 2.45) is 7.05 Å². The van der Waals surface area contributed by atoms with Crippen molar-refractivity contribution in [1.82, 2.24) is 9.78 Å². The molecule has 1 aliphatic rings. The molecule has 0 saturated heterocycles. The molecule has 0 atom stereocenters. The molecule has 0 fully saturated rings. The van der Waals surface area contributed by atoms with Crippen molar-refractivity contribution in [3.05, 3.63) is 65.5 Å². The molecule has 1 amide bonds. The number of halogens is 3. The van der Waals surface area contributed by atoms with Gasteiger partial charge in [-0.05, 0) is 49.4 Å². The maximum absolute atomic E-state index is 13.4. The molecule has 12 heteroatoms. The topological polar surface area (TPSA) is 93.5 Å². The van der Waals surface area contributed by atoms with E-state index in [9.17, 15) is 26.4 Å². The Balaban J connectivity index is 1.67. The number of alkyl halides is 3. The Bertz CT molecular complexity index is 1320. The number of sulfonamides is 1. The van der Waals surface area contributed by atoms with Gasteiger partial charge in [-0.15, -0.1) is 0 Å². The molecule has 174 valence electrons. The van der Waals surface area contributed by atoms with Gasteiger partial charge in [0.05, 0.1) is 29.6 Å². The Hall–Kier alpha value is -3.54. The number of carbonyl (C=O) groups excluding carboxylic acids is 1. The van der Waals surface area contributed by atoms with Gasteiger partial charge in [0.15, 0.2) is 0 Å². The number of fused-ring (bicyclic) bond motifs is 1. The smallest absolute Gasteiger partial charge is 0.416 e. The van der Waals surface area contributed by atoms with Gasteiger partial charge < -0.3 is 10.1 Å². The van der Waals surface area contributed by atoms with E-state index in [1.54, 1.807) is 14.0 Å². The Kier molecular flexibility index (Phi) is 5.56. The summed E-state index contributed by atoms with van der Waals surface area (Å²) in [5.74, 6) is -0.382. The third kappa shape index (κ3) is 4.25. The van der Waals surface area contributed by atoms with Crippen LogP contribution in [-0.2, 0) is 23.2 Å². The van der Waals surface area contributed by atoms with Crippen LogP contribution in [0.2, 0.25) is 0 Å². The summed E-state index contributed by atoms with van der Waals surface area (Å²) in [4.78, 5) is 12.4. The molecule has 1 aliphatic heterocycles. The second kappa shape index (κ2) is 8.10. The molecule has 0 spiro atoms. The van der Waals surface area contributed by atoms with Crippen LogP contribution in [0, 0.1) is 6.92 Å². The van der Waals surface area contributed by atoms with E-state index in [4.69, 9.17) is 4.74 Å². The average molecular weight is 480 g/mol. The number of amides is 1. The summed E-state index contributed by atoms with van der Waals surface area (Å²) in [5, 5.41) is 6.66. The summed E-state index contributed by atoms with van der Waals surface area (Å²) >= 11 is 0. The first kappa shape index (κ1) is 22.6. The summed E-state index contributed by atoms with van der Waals surface area (Å²) in [6, 6.07) is 8.04. The highest BCUT2D eigenvalue weighted by Gasteiger charge is 2.34. The van der Waals surface area contributed by atoms with E-state index in [2.05, 4.69) is 10.4 Å². The van der Waals surface area contributed by atoms with Gasteiger partial charge in [0.1, 0.15) is 17.3 Å². The Morgan fingerprint density at radius 3 is 2.45 bits per heavy atom. The second-order valence-electron chi connectivity index (χ2n) is 7.35. The molecular formula is C21H19F3N4O4S. The van der Waals surface area contributed by atoms with E-state index >= 15 is 0 Å². The van der Waals surface area contributed by atoms with Crippen LogP contribution >= 0.6 is 0 Å². The maximum atomic E-state index is 13.4. The van der Waals surface area contributed by atoms with Crippen LogP contribution in [0.4, 0.5) is 24.5 Å². The van der Waals surface area contributed by atoms with Gasteiger partial charge in [0.25, 0.3) is 15.9 Å². The lowest BCUT2D eigenvalue weighted by molar-refractivity contribution is -0.137. The zero-order valence-electron chi connectivity index (χ0n) is 17.5. The van der Waals surface area contributed by atoms with Crippen molar-refractivity contribution in [3.63, 3.8) is 0 Å². The first-order valence-corrected chi connectivity index (χ1v) is 11.2. The minimum absolute atomic E-state index is 0.00611. The fourth-order valence-electron chi connectivity index (χ4n) is 3.39. The first-order valence-electron chi connectivity index (χ1n) is 9.75. The molecule has 33 heavy (non-hydrogen) atoms. The predicted octanol–water partition coefficient (Wildman–Crippen LogP) is 3.59. The van der Waals surface area contributed by atoms with E-state index in [-0.39, 0.29) is 35.2 Å². The quantitative estimate of drug-likeness (QED) is 0.619. The van der Waals surface area contributed by atoms with Gasteiger partial charge in [-0.3, -0.25) is 13.8 Å². The Morgan fingerprint density at radius 1 is 1.15 bits per heavy atom. The highest BCUT2D eigenvalue weighted by Crippen LogP contribution is 2.36. The van der Waals surface area contributed by atoms with Crippen LogP contribution < -0.4 is 14.4 Å². The molecule has 1 N–H and O–H groups in total. The summed E-state index contributed by atoms with van der Waals surface area (Å²) < 4.78 is 73.5. The molecular weight excluding hydrogens is 461 g/mol. The van der Waals surface area contributed by atoms with Gasteiger partial charge >= 0.3 is 6.18 Å². The minimum atomic E-state index is -4.54. The zero-order chi connectivity index (χ0) is 24.0. The lowest BCUT2D eigenvalue weighted by Crippen LogP contribution is -2.32. The number of anilines is 2. The lowest BCUT2D eigenvalue weighted by Gasteiger charge is -2.22. The zero-order valence-corrected chi connectivity index (χ0v) is 18.4. The number of hydrogen-bond acceptors (Lipinski definition) is 5. The van der Waals surface area contributed by atoms with Gasteiger partial charge in [0, 0.05) is 18.4 Å². The van der Waals surface area contributed by atoms with Crippen LogP contribution in [0.3, 0.4) is 0 Å². The molecule has 0 aliphatic carbocycles. The number of nitrogens with zero attached hydrogens (tertiary/aromatic N) is 3. The summed E-state index contributed by atoms with van der Waals surface area (Å²) in [6.07, 6.45) is -3.13. The molecule has 4 rings (SSSR count). The molecule has 0 unspecified atom stereocenters. The van der Waals surface area contributed by atoms with E-state index in [1.165, 1.54) is 29.1 Å². The largest absolute Gasteiger partial charge is 0.490 e. The van der Waals surface area contributed by atoms with E-state index in [1.807, 2.05) is 0 Å². The molecule has 0 saturated carbocycles. The number of aromatic nitrogens is 2. The molecule has 8 nitrogen and oxygen atoms in total. The number of carbonyl (C=O) groups is 1. The molecule has 0 radical (unpaired) electrons. The van der Waals surface area contributed by atoms with Gasteiger partial charge in [-0.2, -0.15) is 18.3 Å². The van der Waals surface area contributed by atoms with Gasteiger partial charge in [-0.25, -0.2) is 8.42 Å². The van der Waals surface area contributed by atoms with Gasteiger partial charge in [-0.1, -0.05) is 0 Å². The minimum Gasteiger partial charge on any atom is -0.490 e. The van der Waals surface area contributed by atoms with Crippen LogP contribution in [0.25, 0.3) is 0 Å². The van der Waals surface area contributed by atoms with Crippen LogP contribution in [0.5, 0.6) is 5.75 Å². The predicted molar refractivity (Wildman–Crippen MR) is 114 cm³/mol. The van der Waals surface area contributed by atoms with Crippen molar-refractivity contribution in [2.45, 2.75) is 18.0 Å². The van der Waals surface area contributed by atoms with Crippen molar-refractivity contribution in [2.75, 3.05) is 22.8 Å². The monoisotopic (exact) mass is 480 g/mol. The van der Waals surface area contributed by atoms with Crippen molar-refractivity contribution in [1.29, 1.82) is 0 Å². The number of nitrogens with one attached hydrogen (secondary N) is 1. The average Bonchev–Trinajstić information content (AvgIpc) is 3.02. The van der Waals surface area contributed by atoms with Crippen molar-refractivity contribution in [3.8, 4) is 5.75 Å². The molecule has 1 aromatic heterocycles. The van der Waals surface area contributed by atoms with Crippen molar-refractivity contribution >= 4 is 27.3 Å². The van der Waals surface area contributed by atoms with Crippen LogP contribution in [0.1, 0.15) is 21.6 Å². The highest BCUT2D eigenvalue weighted by molar-refractivity contribution is 7.93. The number of rotatable bonds is 3. The molecule has 3 aromatic rings. The fourth-order valence-corrected chi connectivity index (χ4v) is 5.00. The summed E-state index contributed by atoms with van der Waals surface area (Å²) in [6.45, 7) is 1.62. The van der Waals surface area contributed by atoms with Crippen LogP contribution in [-0.4, -0.2) is 37.3 Å². The van der Waals surface area contributed by atoms with E-state index in [0.29, 0.717) is 11.3 Å². The standard InChI is InChI=1S/C21H19F3N4O4S/c1-13-17(12-25-27(13)2)20(29)26-15-5-8-18-19(11-15)33(30,31)28(9-10-32-18)16-6-3-14(4-7-16)21(22,23)24/h3-8,11-12H,9-10H2,1-2H3,(H,26,29). The summed E-state index contributed by atoms with van der Waals surface area (Å²) in [5.41, 5.74) is 0.360. The van der Waals surface area contributed by atoms with Gasteiger partial charge in [0.2, 0.25) is 0 Å².